The molecule has 9 nitrogen and oxygen atoms in total. The molecule has 194 valence electrons. The lowest BCUT2D eigenvalue weighted by atomic mass is 9.81. The van der Waals surface area contributed by atoms with Crippen LogP contribution >= 0.6 is 11.6 Å². The molecule has 0 aliphatic heterocycles. The highest BCUT2D eigenvalue weighted by Gasteiger charge is 2.38. The predicted molar refractivity (Wildman–Crippen MR) is 145 cm³/mol. The molecule has 1 aliphatic rings. The van der Waals surface area contributed by atoms with Crippen molar-refractivity contribution in [2.45, 2.75) is 43.8 Å². The summed E-state index contributed by atoms with van der Waals surface area (Å²) in [7, 11) is 0. The zero-order valence-corrected chi connectivity index (χ0v) is 21.6. The molecule has 0 radical (unpaired) electrons. The van der Waals surface area contributed by atoms with E-state index in [-0.39, 0.29) is 24.2 Å². The Bertz CT molecular complexity index is 1590. The van der Waals surface area contributed by atoms with Gasteiger partial charge in [-0.1, -0.05) is 66.9 Å². The highest BCUT2D eigenvalue weighted by atomic mass is 35.5. The van der Waals surface area contributed by atoms with Crippen LogP contribution < -0.4 is 5.32 Å². The van der Waals surface area contributed by atoms with Crippen LogP contribution in [-0.2, 0) is 5.54 Å². The number of rotatable bonds is 8. The standard InChI is InChI=1S/C28H28ClN7O2/c29-27-31-16-20-15-23(35(25(20)32-27)28(18-37)13-7-2-8-14-28)26(30-17-24(38)19-9-3-1-4-10-19)36-22-12-6-5-11-21(22)33-34-36/h1,3-6,9-12,15-16,26,30,37H,2,7-8,13-14,17-18H2. The van der Waals surface area contributed by atoms with Gasteiger partial charge < -0.3 is 9.67 Å². The number of carbonyl (C=O) groups excluding carboxylic acids is 1. The van der Waals surface area contributed by atoms with Gasteiger partial charge in [0.25, 0.3) is 0 Å². The second-order valence-electron chi connectivity index (χ2n) is 9.86. The molecule has 0 bridgehead atoms. The summed E-state index contributed by atoms with van der Waals surface area (Å²) in [5.74, 6) is -0.0416. The normalized spacial score (nSPS) is 16.2. The molecule has 3 aromatic heterocycles. The summed E-state index contributed by atoms with van der Waals surface area (Å²) < 4.78 is 3.90. The molecule has 6 rings (SSSR count). The van der Waals surface area contributed by atoms with Crippen LogP contribution in [-0.4, -0.2) is 53.6 Å². The third-order valence-electron chi connectivity index (χ3n) is 7.55. The lowest BCUT2D eigenvalue weighted by Crippen LogP contribution is -2.43. The molecule has 1 unspecified atom stereocenters. The molecule has 3 heterocycles. The van der Waals surface area contributed by atoms with Crippen molar-refractivity contribution in [3.8, 4) is 0 Å². The molecule has 0 spiro atoms. The van der Waals surface area contributed by atoms with E-state index in [4.69, 9.17) is 11.6 Å². The van der Waals surface area contributed by atoms with Crippen LogP contribution in [0.5, 0.6) is 0 Å². The number of ketones is 1. The summed E-state index contributed by atoms with van der Waals surface area (Å²) in [6, 6.07) is 18.9. The highest BCUT2D eigenvalue weighted by molar-refractivity contribution is 6.28. The molecule has 38 heavy (non-hydrogen) atoms. The van der Waals surface area contributed by atoms with E-state index in [2.05, 4.69) is 30.2 Å². The van der Waals surface area contributed by atoms with Crippen molar-refractivity contribution in [2.24, 2.45) is 0 Å². The lowest BCUT2D eigenvalue weighted by Gasteiger charge is -2.40. The van der Waals surface area contributed by atoms with E-state index in [1.54, 1.807) is 23.0 Å². The number of benzene rings is 2. The van der Waals surface area contributed by atoms with Gasteiger partial charge in [-0.05, 0) is 42.6 Å². The second-order valence-corrected chi connectivity index (χ2v) is 10.2. The lowest BCUT2D eigenvalue weighted by molar-refractivity contribution is 0.0885. The number of fused-ring (bicyclic) bond motifs is 2. The minimum absolute atomic E-state index is 0.0416. The Balaban J connectivity index is 1.53. The summed E-state index contributed by atoms with van der Waals surface area (Å²) in [6.07, 6.45) is 5.83. The smallest absolute Gasteiger partial charge is 0.224 e. The predicted octanol–water partition coefficient (Wildman–Crippen LogP) is 4.50. The monoisotopic (exact) mass is 529 g/mol. The largest absolute Gasteiger partial charge is 0.394 e. The molecular formula is C28H28ClN7O2. The summed E-state index contributed by atoms with van der Waals surface area (Å²) in [6.45, 7) is 0.0299. The van der Waals surface area contributed by atoms with Gasteiger partial charge >= 0.3 is 0 Å². The van der Waals surface area contributed by atoms with E-state index in [0.29, 0.717) is 11.2 Å². The quantitative estimate of drug-likeness (QED) is 0.225. The minimum Gasteiger partial charge on any atom is -0.394 e. The van der Waals surface area contributed by atoms with Crippen molar-refractivity contribution >= 4 is 39.5 Å². The van der Waals surface area contributed by atoms with Crippen LogP contribution in [0.15, 0.2) is 66.9 Å². The summed E-state index contributed by atoms with van der Waals surface area (Å²) in [4.78, 5) is 22.0. The number of para-hydroxylation sites is 1. The Hall–Kier alpha value is -3.66. The van der Waals surface area contributed by atoms with E-state index in [1.165, 1.54) is 0 Å². The Morgan fingerprint density at radius 3 is 2.63 bits per heavy atom. The summed E-state index contributed by atoms with van der Waals surface area (Å²) >= 11 is 6.27. The molecule has 1 aliphatic carbocycles. The van der Waals surface area contributed by atoms with Gasteiger partial charge in [-0.2, -0.15) is 4.98 Å². The van der Waals surface area contributed by atoms with Crippen molar-refractivity contribution in [1.82, 2.24) is 34.8 Å². The van der Waals surface area contributed by atoms with Crippen LogP contribution in [0.1, 0.15) is 54.3 Å². The maximum atomic E-state index is 13.1. The van der Waals surface area contributed by atoms with Gasteiger partial charge in [-0.15, -0.1) is 5.10 Å². The molecule has 10 heteroatoms. The average molecular weight is 530 g/mol. The van der Waals surface area contributed by atoms with Crippen LogP contribution in [0, 0.1) is 0 Å². The number of nitrogens with zero attached hydrogens (tertiary/aromatic N) is 6. The van der Waals surface area contributed by atoms with Gasteiger partial charge in [0, 0.05) is 17.1 Å². The second kappa shape index (κ2) is 10.2. The van der Waals surface area contributed by atoms with E-state index in [9.17, 15) is 9.90 Å². The molecule has 2 N–H and O–H groups in total. The maximum Gasteiger partial charge on any atom is 0.224 e. The number of nitrogens with one attached hydrogen (secondary N) is 1. The fraction of sp³-hybridized carbons (Fsp3) is 0.321. The molecule has 1 saturated carbocycles. The Morgan fingerprint density at radius 1 is 1.08 bits per heavy atom. The van der Waals surface area contributed by atoms with E-state index < -0.39 is 11.7 Å². The summed E-state index contributed by atoms with van der Waals surface area (Å²) in [5, 5.41) is 24.1. The fourth-order valence-corrected chi connectivity index (χ4v) is 5.79. The van der Waals surface area contributed by atoms with Gasteiger partial charge in [-0.25, -0.2) is 9.67 Å². The van der Waals surface area contributed by atoms with Crippen LogP contribution in [0.25, 0.3) is 22.1 Å². The van der Waals surface area contributed by atoms with Crippen molar-refractivity contribution in [3.05, 3.63) is 83.4 Å². The number of aliphatic hydroxyl groups is 1. The number of halogens is 1. The zero-order chi connectivity index (χ0) is 26.1. The molecule has 2 aromatic carbocycles. The first-order chi connectivity index (χ1) is 18.6. The minimum atomic E-state index is -0.576. The number of hydrogen-bond donors (Lipinski definition) is 2. The Kier molecular flexibility index (Phi) is 6.65. The number of hydrogen-bond acceptors (Lipinski definition) is 7. The first-order valence-corrected chi connectivity index (χ1v) is 13.2. The van der Waals surface area contributed by atoms with E-state index >= 15 is 0 Å². The average Bonchev–Trinajstić information content (AvgIpc) is 3.56. The van der Waals surface area contributed by atoms with Crippen molar-refractivity contribution in [1.29, 1.82) is 0 Å². The number of aromatic nitrogens is 6. The molecule has 5 aromatic rings. The molecule has 1 fully saturated rings. The Morgan fingerprint density at radius 2 is 1.84 bits per heavy atom. The topological polar surface area (TPSA) is 111 Å². The van der Waals surface area contributed by atoms with Crippen LogP contribution in [0.4, 0.5) is 0 Å². The number of carbonyl (C=O) groups is 1. The fourth-order valence-electron chi connectivity index (χ4n) is 5.66. The van der Waals surface area contributed by atoms with Crippen molar-refractivity contribution in [2.75, 3.05) is 13.2 Å². The van der Waals surface area contributed by atoms with Gasteiger partial charge in [-0.3, -0.25) is 10.1 Å². The highest BCUT2D eigenvalue weighted by Crippen LogP contribution is 2.40. The first kappa shape index (κ1) is 24.7. The number of aliphatic hydroxyl groups excluding tert-OH is 1. The van der Waals surface area contributed by atoms with Crippen LogP contribution in [0.3, 0.4) is 0 Å². The first-order valence-electron chi connectivity index (χ1n) is 12.9. The molecular weight excluding hydrogens is 502 g/mol. The molecule has 0 saturated heterocycles. The van der Waals surface area contributed by atoms with Crippen molar-refractivity contribution < 1.29 is 9.90 Å². The third kappa shape index (κ3) is 4.36. The van der Waals surface area contributed by atoms with Gasteiger partial charge in [0.2, 0.25) is 5.28 Å². The maximum absolute atomic E-state index is 13.1. The van der Waals surface area contributed by atoms with E-state index in [1.807, 2.05) is 48.5 Å². The van der Waals surface area contributed by atoms with Crippen LogP contribution in [0.2, 0.25) is 5.28 Å². The molecule has 1 atom stereocenters. The van der Waals surface area contributed by atoms with E-state index in [0.717, 1.165) is 54.2 Å². The van der Waals surface area contributed by atoms with Gasteiger partial charge in [0.15, 0.2) is 5.78 Å². The summed E-state index contributed by atoms with van der Waals surface area (Å²) in [5.41, 5.74) is 3.09. The van der Waals surface area contributed by atoms with Crippen molar-refractivity contribution in [3.63, 3.8) is 0 Å². The Labute approximate surface area is 224 Å². The zero-order valence-electron chi connectivity index (χ0n) is 20.8. The van der Waals surface area contributed by atoms with Gasteiger partial charge in [0.1, 0.15) is 17.3 Å². The SMILES string of the molecule is O=C(CNC(c1cc2cnc(Cl)nc2n1C1(CO)CCCCC1)n1nnc2ccccc21)c1ccccc1. The molecule has 0 amide bonds. The number of Topliss-reactive ketones (excluding diaryl/α,β-unsaturated/α-hetero) is 1. The van der Waals surface area contributed by atoms with Gasteiger partial charge in [0.05, 0.1) is 29.9 Å². The third-order valence-corrected chi connectivity index (χ3v) is 7.73.